The molecule has 1 aromatic carbocycles. The maximum Gasteiger partial charge on any atom is 0.324 e. The van der Waals surface area contributed by atoms with Gasteiger partial charge in [-0.3, -0.25) is 4.79 Å². The van der Waals surface area contributed by atoms with Gasteiger partial charge in [-0.1, -0.05) is 19.0 Å². The summed E-state index contributed by atoms with van der Waals surface area (Å²) in [6, 6.07) is 4.47. The Morgan fingerprint density at radius 1 is 1.32 bits per heavy atom. The number of carbonyl (C=O) groups is 1. The minimum absolute atomic E-state index is 0.0366. The fourth-order valence-corrected chi connectivity index (χ4v) is 2.77. The van der Waals surface area contributed by atoms with Crippen molar-refractivity contribution in [3.8, 4) is 11.4 Å². The first-order valence-corrected chi connectivity index (χ1v) is 9.27. The van der Waals surface area contributed by atoms with Gasteiger partial charge in [0.1, 0.15) is 11.9 Å². The molecule has 0 amide bonds. The zero-order valence-corrected chi connectivity index (χ0v) is 14.7. The largest absolute Gasteiger partial charge is 0.454 e. The summed E-state index contributed by atoms with van der Waals surface area (Å²) in [6.45, 7) is 3.06. The van der Waals surface area contributed by atoms with Crippen LogP contribution in [0.15, 0.2) is 28.8 Å². The summed E-state index contributed by atoms with van der Waals surface area (Å²) < 4.78 is 47.8. The van der Waals surface area contributed by atoms with Crippen LogP contribution in [0.5, 0.6) is 0 Å². The van der Waals surface area contributed by atoms with E-state index >= 15 is 0 Å². The van der Waals surface area contributed by atoms with Gasteiger partial charge < -0.3 is 9.26 Å². The molecule has 0 aliphatic heterocycles. The lowest BCUT2D eigenvalue weighted by Gasteiger charge is -2.19. The van der Waals surface area contributed by atoms with E-state index in [0.29, 0.717) is 5.56 Å². The maximum absolute atomic E-state index is 12.9. The number of hydrogen-bond acceptors (Lipinski definition) is 7. The van der Waals surface area contributed by atoms with Crippen molar-refractivity contribution >= 4 is 16.0 Å². The number of ether oxygens (including phenoxy) is 1. The van der Waals surface area contributed by atoms with Gasteiger partial charge in [0.15, 0.2) is 6.61 Å². The Hall–Kier alpha value is -2.33. The minimum Gasteiger partial charge on any atom is -0.454 e. The highest BCUT2D eigenvalue weighted by Gasteiger charge is 2.27. The second-order valence-electron chi connectivity index (χ2n) is 5.74. The van der Waals surface area contributed by atoms with E-state index in [1.165, 1.54) is 24.3 Å². The van der Waals surface area contributed by atoms with Crippen LogP contribution < -0.4 is 4.72 Å². The molecular formula is C15H18FN3O5S. The van der Waals surface area contributed by atoms with Crippen LogP contribution in [0.4, 0.5) is 4.39 Å². The predicted molar refractivity (Wildman–Crippen MR) is 86.1 cm³/mol. The first-order chi connectivity index (χ1) is 11.7. The van der Waals surface area contributed by atoms with E-state index in [0.717, 1.165) is 6.26 Å². The normalized spacial score (nSPS) is 13.0. The molecule has 2 rings (SSSR count). The van der Waals surface area contributed by atoms with Crippen LogP contribution in [0.25, 0.3) is 11.4 Å². The summed E-state index contributed by atoms with van der Waals surface area (Å²) in [5.74, 6) is -1.18. The molecule has 2 aromatic rings. The molecule has 0 radical (unpaired) electrons. The Labute approximate surface area is 144 Å². The van der Waals surface area contributed by atoms with Crippen molar-refractivity contribution in [1.29, 1.82) is 0 Å². The first-order valence-electron chi connectivity index (χ1n) is 7.38. The lowest BCUT2D eigenvalue weighted by Crippen LogP contribution is -2.44. The molecule has 136 valence electrons. The molecule has 1 N–H and O–H groups in total. The standard InChI is InChI=1S/C15H18FN3O5S/c1-9(2)13(19-25(3,21)22)15(20)23-8-12-17-14(18-24-12)10-4-6-11(16)7-5-10/h4-7,9,13,19H,8H2,1-3H3. The second-order valence-corrected chi connectivity index (χ2v) is 7.52. The molecule has 1 unspecified atom stereocenters. The quantitative estimate of drug-likeness (QED) is 0.734. The van der Waals surface area contributed by atoms with Crippen LogP contribution in [-0.4, -0.2) is 36.8 Å². The van der Waals surface area contributed by atoms with Crippen molar-refractivity contribution in [3.05, 3.63) is 36.0 Å². The molecule has 8 nitrogen and oxygen atoms in total. The SMILES string of the molecule is CC(C)C(NS(C)(=O)=O)C(=O)OCc1nc(-c2ccc(F)cc2)no1. The minimum atomic E-state index is -3.56. The molecule has 0 spiro atoms. The molecular weight excluding hydrogens is 353 g/mol. The molecule has 0 bridgehead atoms. The zero-order valence-electron chi connectivity index (χ0n) is 13.9. The first kappa shape index (κ1) is 19.0. The van der Waals surface area contributed by atoms with Crippen LogP contribution >= 0.6 is 0 Å². The average Bonchev–Trinajstić information content (AvgIpc) is 2.99. The number of sulfonamides is 1. The van der Waals surface area contributed by atoms with Gasteiger partial charge >= 0.3 is 5.97 Å². The summed E-state index contributed by atoms with van der Waals surface area (Å²) in [7, 11) is -3.56. The van der Waals surface area contributed by atoms with Crippen molar-refractivity contribution in [2.75, 3.05) is 6.26 Å². The number of hydrogen-bond donors (Lipinski definition) is 1. The Morgan fingerprint density at radius 2 is 1.96 bits per heavy atom. The highest BCUT2D eigenvalue weighted by molar-refractivity contribution is 7.88. The van der Waals surface area contributed by atoms with Gasteiger partial charge in [-0.05, 0) is 30.2 Å². The number of benzene rings is 1. The third kappa shape index (κ3) is 5.61. The summed E-state index contributed by atoms with van der Waals surface area (Å²) in [5, 5.41) is 3.72. The molecule has 0 aliphatic rings. The molecule has 1 atom stereocenters. The fraction of sp³-hybridized carbons (Fsp3) is 0.400. The summed E-state index contributed by atoms with van der Waals surface area (Å²) in [6.07, 6.45) is 0.961. The maximum atomic E-state index is 12.9. The Balaban J connectivity index is 2.01. The number of nitrogens with one attached hydrogen (secondary N) is 1. The van der Waals surface area contributed by atoms with Gasteiger partial charge in [0.2, 0.25) is 15.8 Å². The molecule has 0 saturated carbocycles. The molecule has 0 aliphatic carbocycles. The van der Waals surface area contributed by atoms with Gasteiger partial charge in [-0.2, -0.15) is 4.98 Å². The topological polar surface area (TPSA) is 111 Å². The van der Waals surface area contributed by atoms with E-state index in [4.69, 9.17) is 9.26 Å². The zero-order chi connectivity index (χ0) is 18.6. The van der Waals surface area contributed by atoms with Gasteiger partial charge in [-0.25, -0.2) is 17.5 Å². The molecule has 25 heavy (non-hydrogen) atoms. The van der Waals surface area contributed by atoms with Crippen molar-refractivity contribution in [2.45, 2.75) is 26.5 Å². The number of nitrogens with zero attached hydrogens (tertiary/aromatic N) is 2. The van der Waals surface area contributed by atoms with Gasteiger partial charge in [0.25, 0.3) is 5.89 Å². The van der Waals surface area contributed by atoms with Crippen LogP contribution in [0.3, 0.4) is 0 Å². The molecule has 1 heterocycles. The highest BCUT2D eigenvalue weighted by atomic mass is 32.2. The monoisotopic (exact) mass is 371 g/mol. The molecule has 0 saturated heterocycles. The molecule has 0 fully saturated rings. The van der Waals surface area contributed by atoms with Crippen molar-refractivity contribution in [1.82, 2.24) is 14.9 Å². The van der Waals surface area contributed by atoms with Gasteiger partial charge in [0.05, 0.1) is 6.26 Å². The molecule has 10 heteroatoms. The van der Waals surface area contributed by atoms with Crippen molar-refractivity contribution in [2.24, 2.45) is 5.92 Å². The van der Waals surface area contributed by atoms with Gasteiger partial charge in [-0.15, -0.1) is 0 Å². The van der Waals surface area contributed by atoms with Crippen LogP contribution in [0.1, 0.15) is 19.7 Å². The van der Waals surface area contributed by atoms with E-state index in [1.807, 2.05) is 0 Å². The van der Waals surface area contributed by atoms with Crippen molar-refractivity contribution < 1.29 is 26.9 Å². The summed E-state index contributed by atoms with van der Waals surface area (Å²) in [5.41, 5.74) is 0.543. The fourth-order valence-electron chi connectivity index (χ4n) is 1.94. The predicted octanol–water partition coefficient (Wildman–Crippen LogP) is 1.49. The summed E-state index contributed by atoms with van der Waals surface area (Å²) in [4.78, 5) is 16.1. The average molecular weight is 371 g/mol. The van der Waals surface area contributed by atoms with Crippen LogP contribution in [0.2, 0.25) is 0 Å². The number of halogens is 1. The van der Waals surface area contributed by atoms with Crippen LogP contribution in [-0.2, 0) is 26.2 Å². The second kappa shape index (κ2) is 7.70. The number of carbonyl (C=O) groups excluding carboxylic acids is 1. The number of rotatable bonds is 7. The Kier molecular flexibility index (Phi) is 5.85. The lowest BCUT2D eigenvalue weighted by atomic mass is 10.1. The van der Waals surface area contributed by atoms with E-state index in [-0.39, 0.29) is 30.1 Å². The number of esters is 1. The van der Waals surface area contributed by atoms with E-state index in [1.54, 1.807) is 13.8 Å². The number of aromatic nitrogens is 2. The highest BCUT2D eigenvalue weighted by Crippen LogP contribution is 2.16. The Morgan fingerprint density at radius 3 is 2.52 bits per heavy atom. The Bertz CT molecular complexity index is 833. The van der Waals surface area contributed by atoms with Crippen LogP contribution in [0, 0.1) is 11.7 Å². The smallest absolute Gasteiger partial charge is 0.324 e. The summed E-state index contributed by atoms with van der Waals surface area (Å²) >= 11 is 0. The van der Waals surface area contributed by atoms with E-state index < -0.39 is 22.0 Å². The van der Waals surface area contributed by atoms with Gasteiger partial charge in [0, 0.05) is 5.56 Å². The third-order valence-electron chi connectivity index (χ3n) is 3.17. The molecule has 1 aromatic heterocycles. The van der Waals surface area contributed by atoms with E-state index in [2.05, 4.69) is 14.9 Å². The van der Waals surface area contributed by atoms with Crippen molar-refractivity contribution in [3.63, 3.8) is 0 Å². The van der Waals surface area contributed by atoms with E-state index in [9.17, 15) is 17.6 Å². The lowest BCUT2D eigenvalue weighted by molar-refractivity contribution is -0.148. The third-order valence-corrected chi connectivity index (χ3v) is 3.85.